The molecule has 0 aliphatic rings. The van der Waals surface area contributed by atoms with Crippen LogP contribution in [0.4, 0.5) is 0 Å². The van der Waals surface area contributed by atoms with E-state index in [9.17, 15) is 14.4 Å². The highest BCUT2D eigenvalue weighted by Crippen LogP contribution is 2.21. The Morgan fingerprint density at radius 2 is 1.93 bits per heavy atom. The van der Waals surface area contributed by atoms with E-state index in [1.165, 1.54) is 6.07 Å². The number of fused-ring (bicyclic) bond motifs is 1. The maximum Gasteiger partial charge on any atom is 0.348 e. The first-order chi connectivity index (χ1) is 13.5. The number of aromatic amines is 1. The SMILES string of the molecule is Cn1cccc1Cn1c(=O)[nH]c2sc(C(=O)OCc3ccccc3)cc2c1=O. The van der Waals surface area contributed by atoms with Gasteiger partial charge >= 0.3 is 11.7 Å². The highest BCUT2D eigenvalue weighted by molar-refractivity contribution is 7.20. The van der Waals surface area contributed by atoms with Crippen LogP contribution >= 0.6 is 11.3 Å². The highest BCUT2D eigenvalue weighted by Gasteiger charge is 2.17. The van der Waals surface area contributed by atoms with Gasteiger partial charge in [-0.3, -0.25) is 14.3 Å². The Hall–Kier alpha value is -3.39. The van der Waals surface area contributed by atoms with E-state index < -0.39 is 17.2 Å². The first kappa shape index (κ1) is 18.0. The van der Waals surface area contributed by atoms with Crippen molar-refractivity contribution in [2.24, 2.45) is 7.05 Å². The average molecular weight is 395 g/mol. The van der Waals surface area contributed by atoms with Gasteiger partial charge in [0.25, 0.3) is 5.56 Å². The molecule has 7 nitrogen and oxygen atoms in total. The first-order valence-corrected chi connectivity index (χ1v) is 9.42. The van der Waals surface area contributed by atoms with Crippen LogP contribution in [0.1, 0.15) is 20.9 Å². The standard InChI is InChI=1S/C20H17N3O4S/c1-22-9-5-8-14(22)11-23-18(24)15-10-16(28-17(15)21-20(23)26)19(25)27-12-13-6-3-2-4-7-13/h2-10H,11-12H2,1H3,(H,21,26). The monoisotopic (exact) mass is 395 g/mol. The van der Waals surface area contributed by atoms with E-state index in [-0.39, 0.29) is 18.0 Å². The van der Waals surface area contributed by atoms with Gasteiger partial charge < -0.3 is 9.30 Å². The maximum atomic E-state index is 12.8. The Bertz CT molecular complexity index is 1260. The number of hydrogen-bond donors (Lipinski definition) is 1. The van der Waals surface area contributed by atoms with E-state index >= 15 is 0 Å². The molecule has 0 saturated heterocycles. The quantitative estimate of drug-likeness (QED) is 0.526. The molecule has 3 aromatic heterocycles. The number of H-pyrrole nitrogens is 1. The molecule has 8 heteroatoms. The van der Waals surface area contributed by atoms with Crippen LogP contribution in [0.15, 0.2) is 64.3 Å². The number of ether oxygens (including phenoxy) is 1. The topological polar surface area (TPSA) is 86.1 Å². The third kappa shape index (κ3) is 3.41. The Labute approximate surface area is 163 Å². The molecule has 1 N–H and O–H groups in total. The summed E-state index contributed by atoms with van der Waals surface area (Å²) in [7, 11) is 1.85. The Balaban J connectivity index is 1.63. The summed E-state index contributed by atoms with van der Waals surface area (Å²) in [6.07, 6.45) is 1.85. The minimum atomic E-state index is -0.528. The zero-order valence-corrected chi connectivity index (χ0v) is 15.9. The summed E-state index contributed by atoms with van der Waals surface area (Å²) in [5.74, 6) is -0.528. The lowest BCUT2D eigenvalue weighted by Gasteiger charge is -2.05. The van der Waals surface area contributed by atoms with Crippen molar-refractivity contribution in [2.75, 3.05) is 0 Å². The van der Waals surface area contributed by atoms with Gasteiger partial charge in [0.2, 0.25) is 0 Å². The number of carbonyl (C=O) groups is 1. The second-order valence-electron chi connectivity index (χ2n) is 6.35. The number of aromatic nitrogens is 3. The highest BCUT2D eigenvalue weighted by atomic mass is 32.1. The summed E-state index contributed by atoms with van der Waals surface area (Å²) in [6, 6.07) is 14.5. The van der Waals surface area contributed by atoms with Crippen molar-refractivity contribution < 1.29 is 9.53 Å². The van der Waals surface area contributed by atoms with Crippen LogP contribution in [0.25, 0.3) is 10.2 Å². The molecule has 0 aliphatic heterocycles. The molecule has 4 aromatic rings. The third-order valence-corrected chi connectivity index (χ3v) is 5.49. The maximum absolute atomic E-state index is 12.8. The summed E-state index contributed by atoms with van der Waals surface area (Å²) in [4.78, 5) is 40.8. The van der Waals surface area contributed by atoms with Gasteiger partial charge in [-0.05, 0) is 23.8 Å². The summed E-state index contributed by atoms with van der Waals surface area (Å²) in [5.41, 5.74) is 0.753. The van der Waals surface area contributed by atoms with Crippen molar-refractivity contribution in [3.8, 4) is 0 Å². The van der Waals surface area contributed by atoms with E-state index in [2.05, 4.69) is 4.98 Å². The summed E-state index contributed by atoms with van der Waals surface area (Å²) < 4.78 is 8.28. The van der Waals surface area contributed by atoms with Gasteiger partial charge in [-0.2, -0.15) is 0 Å². The number of esters is 1. The van der Waals surface area contributed by atoms with Gasteiger partial charge in [0, 0.05) is 18.9 Å². The van der Waals surface area contributed by atoms with Crippen molar-refractivity contribution in [3.05, 3.63) is 91.7 Å². The molecule has 0 atom stereocenters. The molecule has 0 amide bonds. The summed E-state index contributed by atoms with van der Waals surface area (Å²) >= 11 is 1.04. The number of nitrogens with zero attached hydrogens (tertiary/aromatic N) is 2. The molecule has 3 heterocycles. The van der Waals surface area contributed by atoms with Crippen LogP contribution < -0.4 is 11.2 Å². The molecule has 142 valence electrons. The van der Waals surface area contributed by atoms with Crippen molar-refractivity contribution in [3.63, 3.8) is 0 Å². The number of thiophene rings is 1. The van der Waals surface area contributed by atoms with E-state index in [4.69, 9.17) is 4.74 Å². The Morgan fingerprint density at radius 1 is 1.14 bits per heavy atom. The normalized spacial score (nSPS) is 11.0. The molecule has 1 aromatic carbocycles. The number of hydrogen-bond acceptors (Lipinski definition) is 5. The van der Waals surface area contributed by atoms with Crippen LogP contribution in [0.5, 0.6) is 0 Å². The zero-order chi connectivity index (χ0) is 19.7. The third-order valence-electron chi connectivity index (χ3n) is 4.46. The Morgan fingerprint density at radius 3 is 2.64 bits per heavy atom. The molecular formula is C20H17N3O4S. The molecule has 0 spiro atoms. The molecular weight excluding hydrogens is 378 g/mol. The summed E-state index contributed by atoms with van der Waals surface area (Å²) in [6.45, 7) is 0.291. The molecule has 0 fully saturated rings. The molecule has 0 radical (unpaired) electrons. The van der Waals surface area contributed by atoms with E-state index in [0.717, 1.165) is 27.2 Å². The van der Waals surface area contributed by atoms with Gasteiger partial charge in [0.05, 0.1) is 11.9 Å². The van der Waals surface area contributed by atoms with Crippen molar-refractivity contribution in [1.29, 1.82) is 0 Å². The van der Waals surface area contributed by atoms with Gasteiger partial charge in [0.15, 0.2) is 0 Å². The smallest absolute Gasteiger partial charge is 0.348 e. The van der Waals surface area contributed by atoms with Crippen LogP contribution in [0, 0.1) is 0 Å². The molecule has 0 bridgehead atoms. The minimum absolute atomic E-state index is 0.141. The predicted molar refractivity (Wildman–Crippen MR) is 107 cm³/mol. The van der Waals surface area contributed by atoms with Gasteiger partial charge in [-0.15, -0.1) is 11.3 Å². The second kappa shape index (κ2) is 7.32. The van der Waals surface area contributed by atoms with Crippen LogP contribution in [0.3, 0.4) is 0 Å². The van der Waals surface area contributed by atoms with E-state index in [0.29, 0.717) is 10.2 Å². The first-order valence-electron chi connectivity index (χ1n) is 8.61. The van der Waals surface area contributed by atoms with Crippen molar-refractivity contribution in [1.82, 2.24) is 14.1 Å². The van der Waals surface area contributed by atoms with E-state index in [1.807, 2.05) is 60.3 Å². The Kier molecular flexibility index (Phi) is 4.70. The lowest BCUT2D eigenvalue weighted by atomic mass is 10.2. The largest absolute Gasteiger partial charge is 0.457 e. The van der Waals surface area contributed by atoms with Gasteiger partial charge in [-0.25, -0.2) is 9.59 Å². The van der Waals surface area contributed by atoms with Crippen molar-refractivity contribution >= 4 is 27.5 Å². The minimum Gasteiger partial charge on any atom is -0.457 e. The fourth-order valence-electron chi connectivity index (χ4n) is 2.91. The molecule has 0 saturated carbocycles. The number of rotatable bonds is 5. The van der Waals surface area contributed by atoms with Crippen LogP contribution in [-0.4, -0.2) is 20.1 Å². The lowest BCUT2D eigenvalue weighted by Crippen LogP contribution is -2.35. The lowest BCUT2D eigenvalue weighted by molar-refractivity contribution is 0.0478. The zero-order valence-electron chi connectivity index (χ0n) is 15.0. The van der Waals surface area contributed by atoms with Crippen molar-refractivity contribution in [2.45, 2.75) is 13.2 Å². The average Bonchev–Trinajstić information content (AvgIpc) is 3.30. The number of aryl methyl sites for hydroxylation is 1. The number of carbonyl (C=O) groups excluding carboxylic acids is 1. The van der Waals surface area contributed by atoms with E-state index in [1.54, 1.807) is 0 Å². The fraction of sp³-hybridized carbons (Fsp3) is 0.150. The van der Waals surface area contributed by atoms with Gasteiger partial charge in [-0.1, -0.05) is 30.3 Å². The molecule has 0 unspecified atom stereocenters. The molecule has 4 rings (SSSR count). The van der Waals surface area contributed by atoms with Crippen LogP contribution in [-0.2, 0) is 24.9 Å². The number of benzene rings is 1. The molecule has 0 aliphatic carbocycles. The number of nitrogens with one attached hydrogen (secondary N) is 1. The second-order valence-corrected chi connectivity index (χ2v) is 7.40. The van der Waals surface area contributed by atoms with Crippen LogP contribution in [0.2, 0.25) is 0 Å². The molecule has 28 heavy (non-hydrogen) atoms. The summed E-state index contributed by atoms with van der Waals surface area (Å²) in [5, 5.41) is 0.297. The predicted octanol–water partition coefficient (Wildman–Crippen LogP) is 2.50. The fourth-order valence-corrected chi connectivity index (χ4v) is 3.84. The van der Waals surface area contributed by atoms with Gasteiger partial charge in [0.1, 0.15) is 16.3 Å².